The number of carbonyl (C=O) groups excluding carboxylic acids is 1. The van der Waals surface area contributed by atoms with Gasteiger partial charge in [-0.25, -0.2) is 0 Å². The van der Waals surface area contributed by atoms with Gasteiger partial charge < -0.3 is 15.0 Å². The van der Waals surface area contributed by atoms with Crippen molar-refractivity contribution < 1.29 is 18.3 Å². The van der Waals surface area contributed by atoms with Crippen molar-refractivity contribution in [1.29, 1.82) is 0 Å². The molecule has 21 heavy (non-hydrogen) atoms. The van der Waals surface area contributed by atoms with Gasteiger partial charge in [0.25, 0.3) is 5.91 Å². The fraction of sp³-hybridized carbons (Fsp3) is 0.533. The van der Waals surface area contributed by atoms with Gasteiger partial charge in [0.1, 0.15) is 5.75 Å². The van der Waals surface area contributed by atoms with E-state index in [-0.39, 0.29) is 17.2 Å². The number of halogens is 2. The second-order valence-electron chi connectivity index (χ2n) is 5.27. The molecule has 1 aromatic carbocycles. The number of nitrogens with zero attached hydrogens (tertiary/aromatic N) is 1. The summed E-state index contributed by atoms with van der Waals surface area (Å²) in [6.07, 6.45) is 2.16. The molecule has 0 aromatic heterocycles. The molecule has 4 nitrogen and oxygen atoms in total. The van der Waals surface area contributed by atoms with Crippen molar-refractivity contribution >= 4 is 5.91 Å². The minimum absolute atomic E-state index is 0.0777. The second kappa shape index (κ2) is 7.36. The van der Waals surface area contributed by atoms with E-state index in [4.69, 9.17) is 0 Å². The first-order valence-corrected chi connectivity index (χ1v) is 7.08. The van der Waals surface area contributed by atoms with Gasteiger partial charge in [0, 0.05) is 13.6 Å². The first-order chi connectivity index (χ1) is 10.1. The zero-order valence-electron chi connectivity index (χ0n) is 12.0. The number of rotatable bonds is 5. The lowest BCUT2D eigenvalue weighted by Crippen LogP contribution is -2.39. The highest BCUT2D eigenvalue weighted by atomic mass is 19.3. The van der Waals surface area contributed by atoms with Crippen molar-refractivity contribution in [3.05, 3.63) is 29.8 Å². The molecule has 1 aliphatic rings. The Morgan fingerprint density at radius 2 is 2.24 bits per heavy atom. The fourth-order valence-electron chi connectivity index (χ4n) is 2.60. The van der Waals surface area contributed by atoms with Crippen LogP contribution < -0.4 is 10.1 Å². The normalized spacial score (nSPS) is 18.6. The Balaban J connectivity index is 2.04. The lowest BCUT2D eigenvalue weighted by Gasteiger charge is -2.28. The van der Waals surface area contributed by atoms with Crippen molar-refractivity contribution in [1.82, 2.24) is 10.2 Å². The second-order valence-corrected chi connectivity index (χ2v) is 5.27. The molecule has 1 N–H and O–H groups in total. The zero-order valence-corrected chi connectivity index (χ0v) is 12.0. The largest absolute Gasteiger partial charge is 0.434 e. The maximum atomic E-state index is 12.4. The topological polar surface area (TPSA) is 41.6 Å². The lowest BCUT2D eigenvalue weighted by molar-refractivity contribution is -0.0502. The van der Waals surface area contributed by atoms with E-state index in [1.54, 1.807) is 24.1 Å². The lowest BCUT2D eigenvalue weighted by atomic mass is 9.99. The minimum atomic E-state index is -2.94. The van der Waals surface area contributed by atoms with Gasteiger partial charge in [-0.05, 0) is 44.0 Å². The van der Waals surface area contributed by atoms with Crippen LogP contribution >= 0.6 is 0 Å². The van der Waals surface area contributed by atoms with Crippen LogP contribution in [-0.2, 0) is 0 Å². The number of ether oxygens (including phenoxy) is 1. The summed E-state index contributed by atoms with van der Waals surface area (Å²) in [5.41, 5.74) is 0.170. The third-order valence-electron chi connectivity index (χ3n) is 3.61. The van der Waals surface area contributed by atoms with Gasteiger partial charge in [-0.3, -0.25) is 4.79 Å². The summed E-state index contributed by atoms with van der Waals surface area (Å²) in [5.74, 6) is 0.0267. The number of piperidine rings is 1. The molecule has 1 heterocycles. The highest BCUT2D eigenvalue weighted by molar-refractivity contribution is 5.96. The molecule has 1 saturated heterocycles. The Labute approximate surface area is 123 Å². The predicted molar refractivity (Wildman–Crippen MR) is 75.6 cm³/mol. The Morgan fingerprint density at radius 3 is 2.90 bits per heavy atom. The summed E-state index contributed by atoms with van der Waals surface area (Å²) < 4.78 is 29.2. The van der Waals surface area contributed by atoms with Crippen LogP contribution in [0.25, 0.3) is 0 Å². The molecular weight excluding hydrogens is 278 g/mol. The highest BCUT2D eigenvalue weighted by Gasteiger charge is 2.22. The van der Waals surface area contributed by atoms with E-state index in [2.05, 4.69) is 10.1 Å². The van der Waals surface area contributed by atoms with Crippen LogP contribution in [0, 0.1) is 5.92 Å². The molecule has 1 fully saturated rings. The predicted octanol–water partition coefficient (Wildman–Crippen LogP) is 2.36. The summed E-state index contributed by atoms with van der Waals surface area (Å²) in [5, 5.41) is 3.29. The van der Waals surface area contributed by atoms with E-state index in [9.17, 15) is 13.6 Å². The fourth-order valence-corrected chi connectivity index (χ4v) is 2.60. The molecule has 0 saturated carbocycles. The average Bonchev–Trinajstić information content (AvgIpc) is 2.47. The summed E-state index contributed by atoms with van der Waals surface area (Å²) in [4.78, 5) is 14.0. The molecule has 0 radical (unpaired) electrons. The van der Waals surface area contributed by atoms with Crippen LogP contribution in [0.1, 0.15) is 23.2 Å². The smallest absolute Gasteiger partial charge is 0.387 e. The van der Waals surface area contributed by atoms with E-state index in [0.29, 0.717) is 12.5 Å². The van der Waals surface area contributed by atoms with Crippen LogP contribution in [0.15, 0.2) is 24.3 Å². The Hall–Kier alpha value is -1.69. The number of amides is 1. The van der Waals surface area contributed by atoms with E-state index < -0.39 is 6.61 Å². The van der Waals surface area contributed by atoms with Gasteiger partial charge in [-0.2, -0.15) is 8.78 Å². The molecule has 6 heteroatoms. The first-order valence-electron chi connectivity index (χ1n) is 7.08. The van der Waals surface area contributed by atoms with E-state index in [0.717, 1.165) is 25.9 Å². The average molecular weight is 298 g/mol. The van der Waals surface area contributed by atoms with Crippen molar-refractivity contribution in [3.63, 3.8) is 0 Å². The summed E-state index contributed by atoms with van der Waals surface area (Å²) in [7, 11) is 1.69. The van der Waals surface area contributed by atoms with Crippen LogP contribution in [0.4, 0.5) is 8.78 Å². The molecule has 0 bridgehead atoms. The molecule has 1 aliphatic heterocycles. The van der Waals surface area contributed by atoms with Crippen molar-refractivity contribution in [2.45, 2.75) is 19.5 Å². The van der Waals surface area contributed by atoms with Gasteiger partial charge in [0.15, 0.2) is 0 Å². The third-order valence-corrected chi connectivity index (χ3v) is 3.61. The van der Waals surface area contributed by atoms with Gasteiger partial charge in [0.05, 0.1) is 5.56 Å². The minimum Gasteiger partial charge on any atom is -0.434 e. The molecule has 2 rings (SSSR count). The Bertz CT molecular complexity index is 476. The Kier molecular flexibility index (Phi) is 5.50. The summed E-state index contributed by atoms with van der Waals surface area (Å²) in [6.45, 7) is -0.437. The number of carbonyl (C=O) groups is 1. The molecule has 116 valence electrons. The number of hydrogen-bond donors (Lipinski definition) is 1. The van der Waals surface area contributed by atoms with Crippen LogP contribution in [0.3, 0.4) is 0 Å². The summed E-state index contributed by atoms with van der Waals surface area (Å²) in [6, 6.07) is 6.10. The zero-order chi connectivity index (χ0) is 15.2. The standard InChI is InChI=1S/C15H20F2N2O2/c1-19(10-11-5-4-8-18-9-11)14(20)12-6-2-3-7-13(12)21-15(16)17/h2-3,6-7,11,15,18H,4-5,8-10H2,1H3. The Morgan fingerprint density at radius 1 is 1.48 bits per heavy atom. The van der Waals surface area contributed by atoms with Crippen LogP contribution in [-0.4, -0.2) is 44.1 Å². The van der Waals surface area contributed by atoms with Crippen LogP contribution in [0.2, 0.25) is 0 Å². The molecule has 1 unspecified atom stereocenters. The maximum absolute atomic E-state index is 12.4. The monoisotopic (exact) mass is 298 g/mol. The molecular formula is C15H20F2N2O2. The van der Waals surface area contributed by atoms with Gasteiger partial charge >= 0.3 is 6.61 Å². The highest BCUT2D eigenvalue weighted by Crippen LogP contribution is 2.22. The molecule has 0 aliphatic carbocycles. The number of alkyl halides is 2. The first kappa shape index (κ1) is 15.7. The van der Waals surface area contributed by atoms with Crippen molar-refractivity contribution in [2.24, 2.45) is 5.92 Å². The number of hydrogen-bond acceptors (Lipinski definition) is 3. The number of nitrogens with one attached hydrogen (secondary N) is 1. The quantitative estimate of drug-likeness (QED) is 0.907. The molecule has 1 atom stereocenters. The van der Waals surface area contributed by atoms with Gasteiger partial charge in [-0.1, -0.05) is 12.1 Å². The van der Waals surface area contributed by atoms with Gasteiger partial charge in [-0.15, -0.1) is 0 Å². The molecule has 1 amide bonds. The summed E-state index contributed by atoms with van der Waals surface area (Å²) >= 11 is 0. The van der Waals surface area contributed by atoms with E-state index in [1.165, 1.54) is 12.1 Å². The van der Waals surface area contributed by atoms with Gasteiger partial charge in [0.2, 0.25) is 0 Å². The molecule has 1 aromatic rings. The van der Waals surface area contributed by atoms with Crippen molar-refractivity contribution in [2.75, 3.05) is 26.7 Å². The third kappa shape index (κ3) is 4.39. The molecule has 0 spiro atoms. The number of benzene rings is 1. The number of para-hydroxylation sites is 1. The van der Waals surface area contributed by atoms with Crippen molar-refractivity contribution in [3.8, 4) is 5.75 Å². The van der Waals surface area contributed by atoms with E-state index in [1.807, 2.05) is 0 Å². The SMILES string of the molecule is CN(CC1CCCNC1)C(=O)c1ccccc1OC(F)F. The van der Waals surface area contributed by atoms with Crippen LogP contribution in [0.5, 0.6) is 5.75 Å². The maximum Gasteiger partial charge on any atom is 0.387 e. The van der Waals surface area contributed by atoms with E-state index >= 15 is 0 Å².